The summed E-state index contributed by atoms with van der Waals surface area (Å²) >= 11 is 5.89. The second-order valence-electron chi connectivity index (χ2n) is 3.97. The first-order valence-electron chi connectivity index (χ1n) is 5.82. The van der Waals surface area contributed by atoms with Crippen molar-refractivity contribution >= 4 is 17.5 Å². The molecule has 5 heteroatoms. The highest BCUT2D eigenvalue weighted by Gasteiger charge is 2.20. The van der Waals surface area contributed by atoms with Crippen LogP contribution in [-0.4, -0.2) is 29.1 Å². The lowest BCUT2D eigenvalue weighted by Gasteiger charge is -2.25. The van der Waals surface area contributed by atoms with Gasteiger partial charge in [0.15, 0.2) is 0 Å². The van der Waals surface area contributed by atoms with Crippen LogP contribution in [0.1, 0.15) is 35.8 Å². The lowest BCUT2D eigenvalue weighted by atomic mass is 10.2. The van der Waals surface area contributed by atoms with Crippen LogP contribution in [-0.2, 0) is 11.3 Å². The summed E-state index contributed by atoms with van der Waals surface area (Å²) in [4.78, 5) is 21.6. The van der Waals surface area contributed by atoms with Crippen molar-refractivity contribution in [1.29, 1.82) is 0 Å². The van der Waals surface area contributed by atoms with Gasteiger partial charge in [-0.05, 0) is 31.4 Å². The fourth-order valence-electron chi connectivity index (χ4n) is 1.76. The Morgan fingerprint density at radius 3 is 3.00 bits per heavy atom. The van der Waals surface area contributed by atoms with E-state index in [1.807, 2.05) is 6.92 Å². The van der Waals surface area contributed by atoms with Gasteiger partial charge in [-0.25, -0.2) is 10.0 Å². The zero-order chi connectivity index (χ0) is 12.3. The van der Waals surface area contributed by atoms with Crippen LogP contribution in [0.25, 0.3) is 0 Å². The van der Waals surface area contributed by atoms with Crippen LogP contribution < -0.4 is 0 Å². The van der Waals surface area contributed by atoms with Crippen LogP contribution in [0.2, 0.25) is 5.15 Å². The third kappa shape index (κ3) is 2.96. The Hall–Kier alpha value is -1.13. The number of amides is 1. The number of nitrogens with zero attached hydrogens (tertiary/aromatic N) is 2. The van der Waals surface area contributed by atoms with E-state index in [0.717, 1.165) is 25.0 Å². The van der Waals surface area contributed by atoms with E-state index in [9.17, 15) is 4.79 Å². The van der Waals surface area contributed by atoms with Gasteiger partial charge in [0.1, 0.15) is 5.15 Å². The van der Waals surface area contributed by atoms with Gasteiger partial charge in [-0.15, -0.1) is 0 Å². The number of carbonyl (C=O) groups is 1. The van der Waals surface area contributed by atoms with Crippen LogP contribution in [0.5, 0.6) is 0 Å². The number of aromatic nitrogens is 1. The Morgan fingerprint density at radius 1 is 1.53 bits per heavy atom. The SMILES string of the molecule is CCc1cc(C(=O)N2CCCCO2)cc(Cl)n1. The number of rotatable bonds is 2. The third-order valence-electron chi connectivity index (χ3n) is 2.69. The number of hydrogen-bond acceptors (Lipinski definition) is 3. The first-order chi connectivity index (χ1) is 8.20. The number of hydrogen-bond donors (Lipinski definition) is 0. The molecule has 0 atom stereocenters. The topological polar surface area (TPSA) is 42.4 Å². The van der Waals surface area contributed by atoms with Gasteiger partial charge in [0.2, 0.25) is 0 Å². The van der Waals surface area contributed by atoms with Gasteiger partial charge < -0.3 is 0 Å². The number of hydroxylamine groups is 2. The van der Waals surface area contributed by atoms with Crippen LogP contribution in [0, 0.1) is 0 Å². The zero-order valence-corrected chi connectivity index (χ0v) is 10.5. The molecule has 0 bridgehead atoms. The summed E-state index contributed by atoms with van der Waals surface area (Å²) in [5.74, 6) is -0.135. The average molecular weight is 255 g/mol. The van der Waals surface area contributed by atoms with E-state index in [4.69, 9.17) is 16.4 Å². The molecule has 0 radical (unpaired) electrons. The molecule has 17 heavy (non-hydrogen) atoms. The van der Waals surface area contributed by atoms with Gasteiger partial charge in [-0.3, -0.25) is 9.63 Å². The normalized spacial score (nSPS) is 16.0. The zero-order valence-electron chi connectivity index (χ0n) is 9.78. The van der Waals surface area contributed by atoms with Crippen molar-refractivity contribution in [1.82, 2.24) is 10.0 Å². The molecular formula is C12H15ClN2O2. The molecule has 2 heterocycles. The Labute approximate surface area is 105 Å². The van der Waals surface area contributed by atoms with Crippen LogP contribution in [0.3, 0.4) is 0 Å². The van der Waals surface area contributed by atoms with E-state index in [-0.39, 0.29) is 5.91 Å². The standard InChI is InChI=1S/C12H15ClN2O2/c1-2-10-7-9(8-11(13)14-10)12(16)15-5-3-4-6-17-15/h7-8H,2-6H2,1H3. The Morgan fingerprint density at radius 2 is 2.35 bits per heavy atom. The monoisotopic (exact) mass is 254 g/mol. The van der Waals surface area contributed by atoms with Crippen LogP contribution >= 0.6 is 11.6 Å². The molecule has 1 amide bonds. The first-order valence-corrected chi connectivity index (χ1v) is 6.19. The molecule has 1 fully saturated rings. The van der Waals surface area contributed by atoms with Gasteiger partial charge in [0.25, 0.3) is 5.91 Å². The Bertz CT molecular complexity index is 417. The molecule has 0 aromatic carbocycles. The Kier molecular flexibility index (Phi) is 3.97. The molecule has 4 nitrogen and oxygen atoms in total. The van der Waals surface area contributed by atoms with Crippen molar-refractivity contribution in [2.75, 3.05) is 13.2 Å². The molecule has 1 aromatic rings. The van der Waals surface area contributed by atoms with Crippen molar-refractivity contribution in [2.45, 2.75) is 26.2 Å². The summed E-state index contributed by atoms with van der Waals surface area (Å²) in [6.07, 6.45) is 2.73. The minimum atomic E-state index is -0.135. The summed E-state index contributed by atoms with van der Waals surface area (Å²) in [6.45, 7) is 3.22. The van der Waals surface area contributed by atoms with Crippen molar-refractivity contribution in [3.63, 3.8) is 0 Å². The van der Waals surface area contributed by atoms with Gasteiger partial charge in [0.05, 0.1) is 6.61 Å². The molecule has 1 aliphatic rings. The molecule has 1 saturated heterocycles. The quantitative estimate of drug-likeness (QED) is 0.762. The Balaban J connectivity index is 2.20. The molecule has 0 aliphatic carbocycles. The number of halogens is 1. The van der Waals surface area contributed by atoms with Gasteiger partial charge in [-0.1, -0.05) is 18.5 Å². The maximum Gasteiger partial charge on any atom is 0.277 e. The molecule has 0 spiro atoms. The molecule has 1 aromatic heterocycles. The minimum Gasteiger partial charge on any atom is -0.271 e. The lowest BCUT2D eigenvalue weighted by molar-refractivity contribution is -0.144. The summed E-state index contributed by atoms with van der Waals surface area (Å²) in [6, 6.07) is 3.35. The molecule has 0 unspecified atom stereocenters. The minimum absolute atomic E-state index is 0.135. The highest BCUT2D eigenvalue weighted by molar-refractivity contribution is 6.29. The summed E-state index contributed by atoms with van der Waals surface area (Å²) in [7, 11) is 0. The molecule has 92 valence electrons. The summed E-state index contributed by atoms with van der Waals surface area (Å²) in [5, 5.41) is 1.76. The van der Waals surface area contributed by atoms with E-state index in [0.29, 0.717) is 23.9 Å². The van der Waals surface area contributed by atoms with Gasteiger partial charge in [-0.2, -0.15) is 0 Å². The molecule has 0 N–H and O–H groups in total. The molecule has 0 saturated carbocycles. The van der Waals surface area contributed by atoms with E-state index in [2.05, 4.69) is 4.98 Å². The molecular weight excluding hydrogens is 240 g/mol. The fraction of sp³-hybridized carbons (Fsp3) is 0.500. The van der Waals surface area contributed by atoms with E-state index >= 15 is 0 Å². The second kappa shape index (κ2) is 5.47. The highest BCUT2D eigenvalue weighted by atomic mass is 35.5. The van der Waals surface area contributed by atoms with E-state index < -0.39 is 0 Å². The van der Waals surface area contributed by atoms with Crippen molar-refractivity contribution in [2.24, 2.45) is 0 Å². The summed E-state index contributed by atoms with van der Waals surface area (Å²) in [5.41, 5.74) is 1.36. The largest absolute Gasteiger partial charge is 0.277 e. The second-order valence-corrected chi connectivity index (χ2v) is 4.36. The highest BCUT2D eigenvalue weighted by Crippen LogP contribution is 2.16. The van der Waals surface area contributed by atoms with Crippen molar-refractivity contribution in [3.8, 4) is 0 Å². The van der Waals surface area contributed by atoms with Crippen LogP contribution in [0.15, 0.2) is 12.1 Å². The number of aryl methyl sites for hydroxylation is 1. The first kappa shape index (κ1) is 12.3. The summed E-state index contributed by atoms with van der Waals surface area (Å²) < 4.78 is 0. The molecule has 2 rings (SSSR count). The van der Waals surface area contributed by atoms with Crippen LogP contribution in [0.4, 0.5) is 0 Å². The fourth-order valence-corrected chi connectivity index (χ4v) is 1.98. The predicted octanol–water partition coefficient (Wildman–Crippen LogP) is 2.47. The van der Waals surface area contributed by atoms with Crippen molar-refractivity contribution in [3.05, 3.63) is 28.5 Å². The van der Waals surface area contributed by atoms with E-state index in [1.165, 1.54) is 5.06 Å². The van der Waals surface area contributed by atoms with Crippen molar-refractivity contribution < 1.29 is 9.63 Å². The number of carbonyl (C=O) groups excluding carboxylic acids is 1. The smallest absolute Gasteiger partial charge is 0.271 e. The van der Waals surface area contributed by atoms with E-state index in [1.54, 1.807) is 12.1 Å². The predicted molar refractivity (Wildman–Crippen MR) is 64.8 cm³/mol. The molecule has 1 aliphatic heterocycles. The number of pyridine rings is 1. The average Bonchev–Trinajstić information content (AvgIpc) is 2.38. The lowest BCUT2D eigenvalue weighted by Crippen LogP contribution is -2.35. The van der Waals surface area contributed by atoms with Gasteiger partial charge >= 0.3 is 0 Å². The van der Waals surface area contributed by atoms with Gasteiger partial charge in [0, 0.05) is 17.8 Å². The maximum atomic E-state index is 12.1. The maximum absolute atomic E-state index is 12.1. The third-order valence-corrected chi connectivity index (χ3v) is 2.88.